The molecule has 0 bridgehead atoms. The summed E-state index contributed by atoms with van der Waals surface area (Å²) in [6.07, 6.45) is 9.79. The third-order valence-corrected chi connectivity index (χ3v) is 9.24. The minimum Gasteiger partial charge on any atom is -0.354 e. The molecule has 1 heterocycles. The highest BCUT2D eigenvalue weighted by Crippen LogP contribution is 2.33. The van der Waals surface area contributed by atoms with E-state index in [1.165, 1.54) is 65.9 Å². The number of aliphatic imine (C=N–C) groups is 1. The van der Waals surface area contributed by atoms with Crippen molar-refractivity contribution >= 4 is 5.71 Å². The first kappa shape index (κ1) is 40.6. The molecule has 0 radical (unpaired) electrons. The molecule has 2 aromatic rings. The molecule has 3 nitrogen and oxygen atoms in total. The molecule has 0 aromatic heterocycles. The van der Waals surface area contributed by atoms with E-state index in [1.54, 1.807) is 11.1 Å². The number of fused-ring (bicyclic) bond motifs is 1. The van der Waals surface area contributed by atoms with Crippen LogP contribution in [-0.2, 0) is 19.3 Å². The van der Waals surface area contributed by atoms with Crippen molar-refractivity contribution in [1.82, 2.24) is 9.80 Å². The lowest BCUT2D eigenvalue weighted by Crippen LogP contribution is -2.45. The van der Waals surface area contributed by atoms with Crippen LogP contribution in [-0.4, -0.2) is 48.2 Å². The predicted octanol–water partition coefficient (Wildman–Crippen LogP) is 11.5. The summed E-state index contributed by atoms with van der Waals surface area (Å²) in [4.78, 5) is 10.5. The van der Waals surface area contributed by atoms with Crippen LogP contribution in [0, 0.1) is 5.92 Å². The van der Waals surface area contributed by atoms with Gasteiger partial charge in [0.2, 0.25) is 0 Å². The van der Waals surface area contributed by atoms with Gasteiger partial charge in [-0.3, -0.25) is 0 Å². The van der Waals surface area contributed by atoms with E-state index < -0.39 is 0 Å². The normalized spacial score (nSPS) is 17.1. The Balaban J connectivity index is 0.000000521. The molecule has 2 aliphatic rings. The molecule has 4 rings (SSSR count). The highest BCUT2D eigenvalue weighted by atomic mass is 15.3. The molecule has 1 aliphatic heterocycles. The topological polar surface area (TPSA) is 18.8 Å². The van der Waals surface area contributed by atoms with Gasteiger partial charge in [0.15, 0.2) is 0 Å². The number of nitrogens with zero attached hydrogens (tertiary/aromatic N) is 3. The van der Waals surface area contributed by atoms with Gasteiger partial charge < -0.3 is 9.80 Å². The van der Waals surface area contributed by atoms with E-state index in [1.807, 2.05) is 27.7 Å². The molecule has 0 amide bonds. The lowest BCUT2D eigenvalue weighted by Gasteiger charge is -2.37. The van der Waals surface area contributed by atoms with E-state index in [4.69, 9.17) is 4.99 Å². The van der Waals surface area contributed by atoms with Gasteiger partial charge >= 0.3 is 0 Å². The molecule has 0 N–H and O–H groups in total. The predicted molar refractivity (Wildman–Crippen MR) is 203 cm³/mol. The average Bonchev–Trinajstić information content (AvgIpc) is 3.09. The molecule has 45 heavy (non-hydrogen) atoms. The van der Waals surface area contributed by atoms with Crippen molar-refractivity contribution in [3.05, 3.63) is 81.7 Å². The molecule has 3 heteroatoms. The van der Waals surface area contributed by atoms with Gasteiger partial charge in [-0.05, 0) is 98.1 Å². The first-order chi connectivity index (χ1) is 21.9. The van der Waals surface area contributed by atoms with E-state index in [9.17, 15) is 0 Å². The van der Waals surface area contributed by atoms with Crippen LogP contribution in [0.4, 0.5) is 0 Å². The summed E-state index contributed by atoms with van der Waals surface area (Å²) in [5, 5.41) is 0. The number of likely N-dealkylation sites (N-methyl/N-ethyl adjacent to an activating group) is 1. The number of piperazine rings is 1. The maximum absolute atomic E-state index is 5.37. The smallest absolute Gasteiger partial charge is 0.128 e. The number of hydrogen-bond acceptors (Lipinski definition) is 3. The number of allylic oxidation sites excluding steroid dienone is 1. The molecule has 0 unspecified atom stereocenters. The summed E-state index contributed by atoms with van der Waals surface area (Å²) in [5.41, 5.74) is 10.1. The number of rotatable bonds is 10. The average molecular weight is 618 g/mol. The van der Waals surface area contributed by atoms with Crippen molar-refractivity contribution in [2.45, 2.75) is 140 Å². The van der Waals surface area contributed by atoms with Crippen LogP contribution < -0.4 is 0 Å². The molecule has 1 fully saturated rings. The Bertz CT molecular complexity index is 1130. The summed E-state index contributed by atoms with van der Waals surface area (Å²) in [7, 11) is 0. The van der Waals surface area contributed by atoms with Gasteiger partial charge in [-0.1, -0.05) is 125 Å². The van der Waals surface area contributed by atoms with E-state index in [2.05, 4.69) is 108 Å². The van der Waals surface area contributed by atoms with Gasteiger partial charge in [0.1, 0.15) is 5.82 Å². The van der Waals surface area contributed by atoms with Crippen LogP contribution >= 0.6 is 0 Å². The van der Waals surface area contributed by atoms with Gasteiger partial charge in [0.25, 0.3) is 0 Å². The maximum Gasteiger partial charge on any atom is 0.128 e. The monoisotopic (exact) mass is 618 g/mol. The van der Waals surface area contributed by atoms with Crippen LogP contribution in [0.3, 0.4) is 0 Å². The summed E-state index contributed by atoms with van der Waals surface area (Å²) in [5.74, 6) is 2.60. The van der Waals surface area contributed by atoms with E-state index in [-0.39, 0.29) is 0 Å². The first-order valence-corrected chi connectivity index (χ1v) is 18.8. The van der Waals surface area contributed by atoms with Crippen molar-refractivity contribution in [2.24, 2.45) is 10.9 Å². The Hall–Kier alpha value is -2.39. The van der Waals surface area contributed by atoms with Crippen LogP contribution in [0.5, 0.6) is 0 Å². The number of hydrogen-bond donors (Lipinski definition) is 0. The molecule has 2 aromatic carbocycles. The van der Waals surface area contributed by atoms with Gasteiger partial charge in [-0.15, -0.1) is 0 Å². The fraction of sp³-hybridized carbons (Fsp3) is 0.643. The van der Waals surface area contributed by atoms with Crippen molar-refractivity contribution in [3.8, 4) is 0 Å². The zero-order chi connectivity index (χ0) is 33.8. The van der Waals surface area contributed by atoms with Crippen molar-refractivity contribution < 1.29 is 0 Å². The van der Waals surface area contributed by atoms with Gasteiger partial charge in [0, 0.05) is 37.5 Å². The largest absolute Gasteiger partial charge is 0.354 e. The molecule has 0 saturated carbocycles. The highest BCUT2D eigenvalue weighted by Gasteiger charge is 2.22. The van der Waals surface area contributed by atoms with E-state index >= 15 is 0 Å². The second kappa shape index (κ2) is 23.0. The number of benzene rings is 2. The lowest BCUT2D eigenvalue weighted by atomic mass is 9.81. The van der Waals surface area contributed by atoms with Crippen LogP contribution in [0.25, 0.3) is 0 Å². The maximum atomic E-state index is 5.37. The van der Waals surface area contributed by atoms with Crippen molar-refractivity contribution in [3.63, 3.8) is 0 Å². The molecule has 1 aliphatic carbocycles. The van der Waals surface area contributed by atoms with Crippen LogP contribution in [0.1, 0.15) is 149 Å². The minimum atomic E-state index is 0.521. The number of aryl methyl sites for hydroxylation is 3. The Morgan fingerprint density at radius 2 is 1.49 bits per heavy atom. The van der Waals surface area contributed by atoms with Gasteiger partial charge in [-0.2, -0.15) is 0 Å². The lowest BCUT2D eigenvalue weighted by molar-refractivity contribution is 0.162. The fourth-order valence-corrected chi connectivity index (χ4v) is 6.83. The van der Waals surface area contributed by atoms with Crippen molar-refractivity contribution in [2.75, 3.05) is 32.7 Å². The molecule has 0 spiro atoms. The molecular weight excluding hydrogens is 546 g/mol. The third kappa shape index (κ3) is 12.0. The highest BCUT2D eigenvalue weighted by molar-refractivity contribution is 6.02. The van der Waals surface area contributed by atoms with Gasteiger partial charge in [0.05, 0.1) is 0 Å². The van der Waals surface area contributed by atoms with Crippen molar-refractivity contribution in [1.29, 1.82) is 0 Å². The third-order valence-electron chi connectivity index (χ3n) is 9.24. The molecule has 1 saturated heterocycles. The molecule has 254 valence electrons. The SMILES string of the molecule is CC.CC.CCCc1cccc(CC)c1/C(C)=N/C(=C(/CC)C(C)C)N1CCN(CC)CC1.CC[C@H]1CCCc2ccccc21. The summed E-state index contributed by atoms with van der Waals surface area (Å²) >= 11 is 0. The Morgan fingerprint density at radius 3 is 2.04 bits per heavy atom. The summed E-state index contributed by atoms with van der Waals surface area (Å²) < 4.78 is 0. The molecule has 1 atom stereocenters. The zero-order valence-electron chi connectivity index (χ0n) is 31.7. The first-order valence-electron chi connectivity index (χ1n) is 18.8. The van der Waals surface area contributed by atoms with Crippen LogP contribution in [0.15, 0.2) is 58.9 Å². The van der Waals surface area contributed by atoms with E-state index in [0.29, 0.717) is 5.92 Å². The second-order valence-corrected chi connectivity index (χ2v) is 12.2. The van der Waals surface area contributed by atoms with Crippen LogP contribution in [0.2, 0.25) is 0 Å². The summed E-state index contributed by atoms with van der Waals surface area (Å²) in [6.45, 7) is 31.8. The Kier molecular flexibility index (Phi) is 20.8. The molecular formula is C42H71N3. The zero-order valence-corrected chi connectivity index (χ0v) is 31.7. The Labute approximate surface area is 280 Å². The quantitative estimate of drug-likeness (QED) is 0.247. The Morgan fingerprint density at radius 1 is 0.844 bits per heavy atom. The standard InChI is InChI=1S/C26H43N3.C12H16.2C2H6/c1-8-13-23-15-12-14-22(9-2)25(23)21(7)27-26(24(10-3)20(5)6)29-18-16-28(11-4)17-19-29;1-2-10-7-5-8-11-6-3-4-9-12(10)11;2*1-2/h12,14-15,20H,8-11,13,16-19H2,1-7H3;3-4,6,9-10H,2,5,7-8H2,1H3;2*1-2H3/b26-24+,27-21+;;;/t;10-;;/m.0../s1. The second-order valence-electron chi connectivity index (χ2n) is 12.2. The van der Waals surface area contributed by atoms with E-state index in [0.717, 1.165) is 57.9 Å². The summed E-state index contributed by atoms with van der Waals surface area (Å²) in [6, 6.07) is 15.7. The fourth-order valence-electron chi connectivity index (χ4n) is 6.83. The van der Waals surface area contributed by atoms with Gasteiger partial charge in [-0.25, -0.2) is 4.99 Å². The minimum absolute atomic E-state index is 0.521.